The van der Waals surface area contributed by atoms with E-state index in [1.54, 1.807) is 13.0 Å². The van der Waals surface area contributed by atoms with E-state index in [2.05, 4.69) is 0 Å². The second-order valence-corrected chi connectivity index (χ2v) is 5.19. The highest BCUT2D eigenvalue weighted by atomic mass is 16.5. The van der Waals surface area contributed by atoms with Gasteiger partial charge in [0.05, 0.1) is 13.2 Å². The molecule has 0 saturated carbocycles. The number of phenolic OH excluding ortho intramolecular Hbond substituents is 4. The van der Waals surface area contributed by atoms with Gasteiger partial charge < -0.3 is 30.3 Å². The van der Waals surface area contributed by atoms with Crippen molar-refractivity contribution in [3.05, 3.63) is 41.5 Å². The quantitative estimate of drug-likeness (QED) is 0.555. The molecule has 5 N–H and O–H groups in total. The van der Waals surface area contributed by atoms with Crippen LogP contribution in [0.5, 0.6) is 28.7 Å². The summed E-state index contributed by atoms with van der Waals surface area (Å²) < 4.78 is 4.98. The molecule has 126 valence electrons. The second kappa shape index (κ2) is 8.14. The number of aromatic hydroxyl groups is 4. The fourth-order valence-corrected chi connectivity index (χ4v) is 1.93. The van der Waals surface area contributed by atoms with Crippen LogP contribution in [0.15, 0.2) is 30.3 Å². The van der Waals surface area contributed by atoms with Gasteiger partial charge in [-0.25, -0.2) is 0 Å². The predicted octanol–water partition coefficient (Wildman–Crippen LogP) is 2.44. The zero-order valence-electron chi connectivity index (χ0n) is 13.3. The topological polar surface area (TPSA) is 110 Å². The van der Waals surface area contributed by atoms with Crippen LogP contribution in [0.4, 0.5) is 0 Å². The molecule has 1 atom stereocenters. The van der Waals surface area contributed by atoms with Crippen molar-refractivity contribution >= 4 is 0 Å². The van der Waals surface area contributed by atoms with Gasteiger partial charge in [-0.1, -0.05) is 6.07 Å². The Bertz CT molecular complexity index is 652. The number of aryl methyl sites for hydroxylation is 1. The minimum Gasteiger partial charge on any atom is -0.508 e. The van der Waals surface area contributed by atoms with Gasteiger partial charge in [-0.15, -0.1) is 0 Å². The molecule has 1 unspecified atom stereocenters. The Morgan fingerprint density at radius 2 is 1.61 bits per heavy atom. The molecule has 0 amide bonds. The summed E-state index contributed by atoms with van der Waals surface area (Å²) in [4.78, 5) is 0. The molecule has 0 aliphatic rings. The Morgan fingerprint density at radius 1 is 0.957 bits per heavy atom. The molecule has 0 aromatic heterocycles. The zero-order valence-corrected chi connectivity index (χ0v) is 13.3. The Morgan fingerprint density at radius 3 is 2.09 bits per heavy atom. The molecule has 0 aliphatic heterocycles. The van der Waals surface area contributed by atoms with Gasteiger partial charge in [-0.2, -0.15) is 0 Å². The number of benzene rings is 2. The summed E-state index contributed by atoms with van der Waals surface area (Å²) in [5.74, 6) is 0.121. The van der Waals surface area contributed by atoms with E-state index in [9.17, 15) is 15.3 Å². The molecule has 0 heterocycles. The van der Waals surface area contributed by atoms with Crippen molar-refractivity contribution in [2.24, 2.45) is 0 Å². The van der Waals surface area contributed by atoms with Crippen molar-refractivity contribution in [1.29, 1.82) is 0 Å². The van der Waals surface area contributed by atoms with Gasteiger partial charge in [-0.3, -0.25) is 0 Å². The summed E-state index contributed by atoms with van der Waals surface area (Å²) in [5, 5.41) is 45.5. The van der Waals surface area contributed by atoms with Gasteiger partial charge in [0.2, 0.25) is 0 Å². The maximum Gasteiger partial charge on any atom is 0.157 e. The van der Waals surface area contributed by atoms with E-state index < -0.39 is 6.10 Å². The van der Waals surface area contributed by atoms with Gasteiger partial charge in [0.1, 0.15) is 17.2 Å². The number of aliphatic hydroxyl groups is 1. The minimum atomic E-state index is -0.570. The molecule has 2 rings (SSSR count). The molecule has 6 heteroatoms. The molecule has 0 aliphatic carbocycles. The first-order valence-corrected chi connectivity index (χ1v) is 7.00. The van der Waals surface area contributed by atoms with Crippen LogP contribution in [0, 0.1) is 6.92 Å². The maximum absolute atomic E-state index is 9.50. The Balaban J connectivity index is 0.000000253. The van der Waals surface area contributed by atoms with Crippen LogP contribution in [0.3, 0.4) is 0 Å². The third kappa shape index (κ3) is 5.60. The first-order chi connectivity index (χ1) is 10.7. The van der Waals surface area contributed by atoms with E-state index in [1.807, 2.05) is 6.92 Å². The van der Waals surface area contributed by atoms with Gasteiger partial charge in [0, 0.05) is 24.1 Å². The number of aliphatic hydroxyl groups excluding tert-OH is 1. The van der Waals surface area contributed by atoms with Crippen molar-refractivity contribution in [2.45, 2.75) is 26.4 Å². The standard InChI is InChI=1S/C10H14O4.C7H8O2/c1-6(11)3-8-9(13)4-7(12)5-10(8)14-2;1-5-2-3-6(8)7(9)4-5/h4-6,11-13H,3H2,1-2H3;2-4,8-9H,1H3. The third-order valence-corrected chi connectivity index (χ3v) is 3.02. The number of phenols is 4. The largest absolute Gasteiger partial charge is 0.508 e. The number of rotatable bonds is 3. The second-order valence-electron chi connectivity index (χ2n) is 5.19. The molecule has 0 bridgehead atoms. The molecular weight excluding hydrogens is 300 g/mol. The van der Waals surface area contributed by atoms with E-state index in [-0.39, 0.29) is 29.4 Å². The van der Waals surface area contributed by atoms with Crippen LogP contribution in [-0.4, -0.2) is 38.7 Å². The van der Waals surface area contributed by atoms with E-state index in [0.717, 1.165) is 5.56 Å². The Kier molecular flexibility index (Phi) is 6.53. The van der Waals surface area contributed by atoms with Gasteiger partial charge in [0.25, 0.3) is 0 Å². The van der Waals surface area contributed by atoms with E-state index in [4.69, 9.17) is 14.9 Å². The molecule has 0 saturated heterocycles. The van der Waals surface area contributed by atoms with Crippen molar-refractivity contribution in [2.75, 3.05) is 7.11 Å². The zero-order chi connectivity index (χ0) is 17.6. The fourth-order valence-electron chi connectivity index (χ4n) is 1.93. The fraction of sp³-hybridized carbons (Fsp3) is 0.294. The number of ether oxygens (including phenoxy) is 1. The molecule has 0 spiro atoms. The van der Waals surface area contributed by atoms with E-state index in [1.165, 1.54) is 31.4 Å². The molecular formula is C17H22O6. The predicted molar refractivity (Wildman–Crippen MR) is 86.2 cm³/mol. The van der Waals surface area contributed by atoms with Gasteiger partial charge >= 0.3 is 0 Å². The summed E-state index contributed by atoms with van der Waals surface area (Å²) in [6.07, 6.45) is -0.283. The highest BCUT2D eigenvalue weighted by Crippen LogP contribution is 2.33. The van der Waals surface area contributed by atoms with Crippen molar-refractivity contribution < 1.29 is 30.3 Å². The molecule has 2 aromatic carbocycles. The van der Waals surface area contributed by atoms with Crippen LogP contribution in [0.1, 0.15) is 18.1 Å². The lowest BCUT2D eigenvalue weighted by atomic mass is 10.1. The monoisotopic (exact) mass is 322 g/mol. The number of hydrogen-bond acceptors (Lipinski definition) is 6. The minimum absolute atomic E-state index is 0.0602. The van der Waals surface area contributed by atoms with Gasteiger partial charge in [-0.05, 0) is 31.5 Å². The summed E-state index contributed by atoms with van der Waals surface area (Å²) in [6.45, 7) is 3.46. The van der Waals surface area contributed by atoms with E-state index in [0.29, 0.717) is 11.3 Å². The lowest BCUT2D eigenvalue weighted by Crippen LogP contribution is -2.06. The molecule has 0 fully saturated rings. The summed E-state index contributed by atoms with van der Waals surface area (Å²) in [6, 6.07) is 7.33. The first-order valence-electron chi connectivity index (χ1n) is 7.00. The Hall–Kier alpha value is -2.60. The SMILES string of the molecule is COc1cc(O)cc(O)c1CC(C)O.Cc1ccc(O)c(O)c1. The third-order valence-electron chi connectivity index (χ3n) is 3.02. The maximum atomic E-state index is 9.50. The van der Waals surface area contributed by atoms with E-state index >= 15 is 0 Å². The molecule has 2 aromatic rings. The van der Waals surface area contributed by atoms with Crippen molar-refractivity contribution in [3.63, 3.8) is 0 Å². The molecule has 0 radical (unpaired) electrons. The molecule has 6 nitrogen and oxygen atoms in total. The van der Waals surface area contributed by atoms with Crippen LogP contribution >= 0.6 is 0 Å². The normalized spacial score (nSPS) is 11.3. The highest BCUT2D eigenvalue weighted by molar-refractivity contribution is 5.49. The average molecular weight is 322 g/mol. The van der Waals surface area contributed by atoms with Crippen molar-refractivity contribution in [3.8, 4) is 28.7 Å². The van der Waals surface area contributed by atoms with Crippen LogP contribution in [0.25, 0.3) is 0 Å². The summed E-state index contributed by atoms with van der Waals surface area (Å²) in [7, 11) is 1.44. The lowest BCUT2D eigenvalue weighted by molar-refractivity contribution is 0.192. The highest BCUT2D eigenvalue weighted by Gasteiger charge is 2.12. The molecule has 23 heavy (non-hydrogen) atoms. The first kappa shape index (κ1) is 18.4. The van der Waals surface area contributed by atoms with Crippen LogP contribution in [0.2, 0.25) is 0 Å². The number of hydrogen-bond donors (Lipinski definition) is 5. The summed E-state index contributed by atoms with van der Waals surface area (Å²) >= 11 is 0. The van der Waals surface area contributed by atoms with Crippen LogP contribution < -0.4 is 4.74 Å². The lowest BCUT2D eigenvalue weighted by Gasteiger charge is -2.12. The smallest absolute Gasteiger partial charge is 0.157 e. The average Bonchev–Trinajstić information content (AvgIpc) is 2.46. The Labute approximate surface area is 134 Å². The van der Waals surface area contributed by atoms with Crippen LogP contribution in [-0.2, 0) is 6.42 Å². The number of methoxy groups -OCH3 is 1. The van der Waals surface area contributed by atoms with Gasteiger partial charge in [0.15, 0.2) is 11.5 Å². The summed E-state index contributed by atoms with van der Waals surface area (Å²) in [5.41, 5.74) is 1.44. The van der Waals surface area contributed by atoms with Crippen molar-refractivity contribution in [1.82, 2.24) is 0 Å².